The average Bonchev–Trinajstić information content (AvgIpc) is 2.49. The number of hydrogen-bond donors (Lipinski definition) is 1. The van der Waals surface area contributed by atoms with E-state index in [1.54, 1.807) is 0 Å². The van der Waals surface area contributed by atoms with Gasteiger partial charge in [-0.1, -0.05) is 36.4 Å². The number of nitrogens with one attached hydrogen (secondary N) is 1. The van der Waals surface area contributed by atoms with Crippen molar-refractivity contribution in [2.24, 2.45) is 5.92 Å². The first-order chi connectivity index (χ1) is 10.9. The Hall–Kier alpha value is -1.81. The van der Waals surface area contributed by atoms with E-state index in [-0.39, 0.29) is 36.4 Å². The van der Waals surface area contributed by atoms with Gasteiger partial charge in [0.2, 0.25) is 0 Å². The molecule has 0 aliphatic heterocycles. The van der Waals surface area contributed by atoms with Crippen molar-refractivity contribution >= 4 is 6.09 Å². The lowest BCUT2D eigenvalue weighted by atomic mass is 9.74. The summed E-state index contributed by atoms with van der Waals surface area (Å²) in [6, 6.07) is 9.75. The first kappa shape index (κ1) is 17.5. The molecule has 0 radical (unpaired) electrons. The molecule has 0 unspecified atom stereocenters. The predicted molar refractivity (Wildman–Crippen MR) is 91.1 cm³/mol. The maximum atomic E-state index is 12.0. The van der Waals surface area contributed by atoms with Gasteiger partial charge in [-0.05, 0) is 39.2 Å². The first-order valence-electron chi connectivity index (χ1n) is 8.15. The van der Waals surface area contributed by atoms with Gasteiger partial charge in [0.25, 0.3) is 0 Å². The molecule has 4 nitrogen and oxygen atoms in total. The van der Waals surface area contributed by atoms with Gasteiger partial charge in [0.1, 0.15) is 6.61 Å². The third kappa shape index (κ3) is 5.39. The van der Waals surface area contributed by atoms with Gasteiger partial charge in [0.05, 0.1) is 11.7 Å². The fourth-order valence-electron chi connectivity index (χ4n) is 2.84. The van der Waals surface area contributed by atoms with Gasteiger partial charge in [0, 0.05) is 12.0 Å². The molecule has 1 N–H and O–H groups in total. The molecule has 0 heterocycles. The summed E-state index contributed by atoms with van der Waals surface area (Å²) in [4.78, 5) is 12.0. The van der Waals surface area contributed by atoms with E-state index < -0.39 is 0 Å². The molecule has 0 bridgehead atoms. The van der Waals surface area contributed by atoms with Gasteiger partial charge in [-0.15, -0.1) is 6.58 Å². The Morgan fingerprint density at radius 2 is 2.04 bits per heavy atom. The van der Waals surface area contributed by atoms with E-state index in [1.165, 1.54) is 0 Å². The van der Waals surface area contributed by atoms with Gasteiger partial charge >= 0.3 is 6.09 Å². The van der Waals surface area contributed by atoms with E-state index in [2.05, 4.69) is 11.9 Å². The number of carbonyl (C=O) groups excluding carboxylic acids is 1. The highest BCUT2D eigenvalue weighted by Crippen LogP contribution is 2.36. The number of allylic oxidation sites excluding steroid dienone is 1. The van der Waals surface area contributed by atoms with Crippen LogP contribution < -0.4 is 5.32 Å². The second kappa shape index (κ2) is 7.64. The number of carbonyl (C=O) groups is 1. The smallest absolute Gasteiger partial charge is 0.407 e. The summed E-state index contributed by atoms with van der Waals surface area (Å²) in [7, 11) is 0. The molecule has 1 aromatic carbocycles. The molecular weight excluding hydrogens is 290 g/mol. The van der Waals surface area contributed by atoms with Crippen molar-refractivity contribution in [1.82, 2.24) is 5.32 Å². The quantitative estimate of drug-likeness (QED) is 0.805. The molecule has 1 fully saturated rings. The minimum absolute atomic E-state index is 0.0867. The molecule has 3 atom stereocenters. The largest absolute Gasteiger partial charge is 0.445 e. The normalized spacial score (nSPS) is 23.7. The van der Waals surface area contributed by atoms with Crippen molar-refractivity contribution in [2.45, 2.75) is 58.0 Å². The van der Waals surface area contributed by atoms with Crippen LogP contribution in [0.3, 0.4) is 0 Å². The first-order valence-corrected chi connectivity index (χ1v) is 8.15. The summed E-state index contributed by atoms with van der Waals surface area (Å²) >= 11 is 0. The molecule has 4 heteroatoms. The van der Waals surface area contributed by atoms with Crippen molar-refractivity contribution in [1.29, 1.82) is 0 Å². The van der Waals surface area contributed by atoms with Crippen molar-refractivity contribution in [3.05, 3.63) is 48.6 Å². The number of ether oxygens (including phenoxy) is 2. The minimum atomic E-state index is -0.373. The second-order valence-electron chi connectivity index (χ2n) is 7.01. The lowest BCUT2D eigenvalue weighted by Gasteiger charge is -2.46. The number of hydrogen-bond acceptors (Lipinski definition) is 3. The Morgan fingerprint density at radius 1 is 1.35 bits per heavy atom. The number of amides is 1. The van der Waals surface area contributed by atoms with Crippen molar-refractivity contribution in [3.8, 4) is 0 Å². The summed E-state index contributed by atoms with van der Waals surface area (Å²) in [5.41, 5.74) is 0.802. The maximum Gasteiger partial charge on any atom is 0.407 e. The highest BCUT2D eigenvalue weighted by Gasteiger charge is 2.43. The zero-order chi connectivity index (χ0) is 16.9. The Kier molecular flexibility index (Phi) is 5.83. The molecule has 23 heavy (non-hydrogen) atoms. The molecule has 126 valence electrons. The van der Waals surface area contributed by atoms with Gasteiger partial charge in [-0.25, -0.2) is 4.79 Å². The summed E-state index contributed by atoms with van der Waals surface area (Å²) in [5, 5.41) is 2.95. The van der Waals surface area contributed by atoms with E-state index in [4.69, 9.17) is 9.47 Å². The zero-order valence-corrected chi connectivity index (χ0v) is 14.2. The van der Waals surface area contributed by atoms with Crippen LogP contribution in [0.1, 0.15) is 39.2 Å². The standard InChI is InChI=1S/C19H27NO3/c1-5-9-15-16(12-17(15)23-19(2,3)4)20-18(21)22-13-14-10-7-6-8-11-14/h5-8,10-11,15-17H,1,9,12-13H2,2-4H3,(H,20,21)/t15-,16+,17+/m0/s1. The molecule has 1 saturated carbocycles. The van der Waals surface area contributed by atoms with Gasteiger partial charge in [-0.3, -0.25) is 0 Å². The van der Waals surface area contributed by atoms with Crippen molar-refractivity contribution in [3.63, 3.8) is 0 Å². The second-order valence-corrected chi connectivity index (χ2v) is 7.01. The van der Waals surface area contributed by atoms with Gasteiger partial charge in [-0.2, -0.15) is 0 Å². The van der Waals surface area contributed by atoms with Crippen molar-refractivity contribution in [2.75, 3.05) is 0 Å². The Bertz CT molecular complexity index is 521. The highest BCUT2D eigenvalue weighted by molar-refractivity contribution is 5.67. The molecule has 1 aromatic rings. The monoisotopic (exact) mass is 317 g/mol. The molecule has 0 aromatic heterocycles. The fourth-order valence-corrected chi connectivity index (χ4v) is 2.84. The summed E-state index contributed by atoms with van der Waals surface area (Å²) < 4.78 is 11.3. The molecule has 1 aliphatic rings. The number of rotatable bonds is 6. The summed E-state index contributed by atoms with van der Waals surface area (Å²) in [6.45, 7) is 10.2. The van der Waals surface area contributed by atoms with Crippen LogP contribution >= 0.6 is 0 Å². The molecular formula is C19H27NO3. The average molecular weight is 317 g/mol. The van der Waals surface area contributed by atoms with E-state index in [0.717, 1.165) is 18.4 Å². The third-order valence-electron chi connectivity index (χ3n) is 3.94. The van der Waals surface area contributed by atoms with Crippen LogP contribution in [0.2, 0.25) is 0 Å². The van der Waals surface area contributed by atoms with Crippen LogP contribution in [0, 0.1) is 5.92 Å². The molecule has 1 amide bonds. The van der Waals surface area contributed by atoms with Crippen LogP contribution in [-0.4, -0.2) is 23.8 Å². The number of benzene rings is 1. The van der Waals surface area contributed by atoms with E-state index in [0.29, 0.717) is 0 Å². The van der Waals surface area contributed by atoms with Crippen LogP contribution in [0.5, 0.6) is 0 Å². The third-order valence-corrected chi connectivity index (χ3v) is 3.94. The Morgan fingerprint density at radius 3 is 2.65 bits per heavy atom. The minimum Gasteiger partial charge on any atom is -0.445 e. The zero-order valence-electron chi connectivity index (χ0n) is 14.2. The Labute approximate surface area is 138 Å². The molecule has 2 rings (SSSR count). The topological polar surface area (TPSA) is 47.6 Å². The summed E-state index contributed by atoms with van der Waals surface area (Å²) in [5.74, 6) is 0.260. The summed E-state index contributed by atoms with van der Waals surface area (Å²) in [6.07, 6.45) is 3.31. The fraction of sp³-hybridized carbons (Fsp3) is 0.526. The number of alkyl carbamates (subject to hydrolysis) is 1. The van der Waals surface area contributed by atoms with E-state index >= 15 is 0 Å². The van der Waals surface area contributed by atoms with Crippen LogP contribution in [-0.2, 0) is 16.1 Å². The molecule has 0 spiro atoms. The van der Waals surface area contributed by atoms with Crippen LogP contribution in [0.25, 0.3) is 0 Å². The SMILES string of the molecule is C=CC[C@H]1[C@H](NC(=O)OCc2ccccc2)C[C@H]1OC(C)(C)C. The lowest BCUT2D eigenvalue weighted by molar-refractivity contribution is -0.135. The molecule has 1 aliphatic carbocycles. The Balaban J connectivity index is 1.80. The van der Waals surface area contributed by atoms with Gasteiger partial charge < -0.3 is 14.8 Å². The van der Waals surface area contributed by atoms with E-state index in [1.807, 2.05) is 57.2 Å². The molecule has 0 saturated heterocycles. The lowest BCUT2D eigenvalue weighted by Crippen LogP contribution is -2.57. The van der Waals surface area contributed by atoms with Crippen LogP contribution in [0.15, 0.2) is 43.0 Å². The van der Waals surface area contributed by atoms with Crippen molar-refractivity contribution < 1.29 is 14.3 Å². The maximum absolute atomic E-state index is 12.0. The van der Waals surface area contributed by atoms with E-state index in [9.17, 15) is 4.79 Å². The van der Waals surface area contributed by atoms with Gasteiger partial charge in [0.15, 0.2) is 0 Å². The highest BCUT2D eigenvalue weighted by atomic mass is 16.5. The predicted octanol–water partition coefficient (Wildman–Crippen LogP) is 4.06. The van der Waals surface area contributed by atoms with Crippen LogP contribution in [0.4, 0.5) is 4.79 Å².